The fraction of sp³-hybridized carbons (Fsp3) is 0.545. The molecule has 1 amide bonds. The van der Waals surface area contributed by atoms with E-state index < -0.39 is 0 Å². The Kier molecular flexibility index (Phi) is 3.07. The summed E-state index contributed by atoms with van der Waals surface area (Å²) in [7, 11) is 0. The summed E-state index contributed by atoms with van der Waals surface area (Å²) in [4.78, 5) is 14.2. The standard InChI is InChI=1S/C11H16N2OS/c1-8-6-15-7-10(8)11(14)13-4-3-12-5-9(13)2/h6-7,9,12H,3-5H2,1-2H3/t9-/m0/s1. The maximum atomic E-state index is 12.2. The second kappa shape index (κ2) is 4.33. The number of hydrogen-bond acceptors (Lipinski definition) is 3. The van der Waals surface area contributed by atoms with Crippen molar-refractivity contribution in [2.45, 2.75) is 19.9 Å². The van der Waals surface area contributed by atoms with Gasteiger partial charge in [-0.05, 0) is 24.8 Å². The summed E-state index contributed by atoms with van der Waals surface area (Å²) >= 11 is 1.60. The molecule has 0 radical (unpaired) electrons. The van der Waals surface area contributed by atoms with E-state index in [2.05, 4.69) is 12.2 Å². The molecule has 1 aliphatic heterocycles. The van der Waals surface area contributed by atoms with Crippen LogP contribution in [0.25, 0.3) is 0 Å². The zero-order chi connectivity index (χ0) is 10.8. The lowest BCUT2D eigenvalue weighted by molar-refractivity contribution is 0.0655. The van der Waals surface area contributed by atoms with Gasteiger partial charge in [-0.2, -0.15) is 11.3 Å². The van der Waals surface area contributed by atoms with Crippen LogP contribution in [0.1, 0.15) is 22.8 Å². The molecule has 0 saturated carbocycles. The number of hydrogen-bond donors (Lipinski definition) is 1. The van der Waals surface area contributed by atoms with Crippen LogP contribution in [0.15, 0.2) is 10.8 Å². The number of carbonyl (C=O) groups is 1. The van der Waals surface area contributed by atoms with E-state index in [0.717, 1.165) is 30.8 Å². The average molecular weight is 224 g/mol. The third kappa shape index (κ3) is 2.06. The van der Waals surface area contributed by atoms with E-state index in [1.807, 2.05) is 22.6 Å². The molecule has 15 heavy (non-hydrogen) atoms. The maximum absolute atomic E-state index is 12.2. The summed E-state index contributed by atoms with van der Waals surface area (Å²) in [5, 5.41) is 7.27. The van der Waals surface area contributed by atoms with Crippen LogP contribution in [0.4, 0.5) is 0 Å². The first-order chi connectivity index (χ1) is 7.20. The topological polar surface area (TPSA) is 32.3 Å². The van der Waals surface area contributed by atoms with E-state index in [9.17, 15) is 4.79 Å². The molecular weight excluding hydrogens is 208 g/mol. The van der Waals surface area contributed by atoms with Crippen LogP contribution >= 0.6 is 11.3 Å². The third-order valence-electron chi connectivity index (χ3n) is 2.85. The molecule has 0 unspecified atom stereocenters. The Morgan fingerprint density at radius 1 is 1.60 bits per heavy atom. The molecule has 0 aliphatic carbocycles. The van der Waals surface area contributed by atoms with Gasteiger partial charge in [0.15, 0.2) is 0 Å². The van der Waals surface area contributed by atoms with Crippen molar-refractivity contribution >= 4 is 17.2 Å². The third-order valence-corrected chi connectivity index (χ3v) is 3.71. The zero-order valence-corrected chi connectivity index (χ0v) is 9.93. The highest BCUT2D eigenvalue weighted by molar-refractivity contribution is 7.08. The molecule has 2 heterocycles. The van der Waals surface area contributed by atoms with Crippen LogP contribution in [-0.2, 0) is 0 Å². The van der Waals surface area contributed by atoms with Gasteiger partial charge in [-0.3, -0.25) is 4.79 Å². The Morgan fingerprint density at radius 2 is 2.40 bits per heavy atom. The fourth-order valence-electron chi connectivity index (χ4n) is 1.88. The Morgan fingerprint density at radius 3 is 3.00 bits per heavy atom. The van der Waals surface area contributed by atoms with Crippen LogP contribution in [0.5, 0.6) is 0 Å². The number of carbonyl (C=O) groups excluding carboxylic acids is 1. The minimum absolute atomic E-state index is 0.183. The lowest BCUT2D eigenvalue weighted by Crippen LogP contribution is -2.52. The van der Waals surface area contributed by atoms with Crippen molar-refractivity contribution in [2.75, 3.05) is 19.6 Å². The highest BCUT2D eigenvalue weighted by Gasteiger charge is 2.25. The SMILES string of the molecule is Cc1cscc1C(=O)N1CCNC[C@@H]1C. The highest BCUT2D eigenvalue weighted by Crippen LogP contribution is 2.17. The first-order valence-electron chi connectivity index (χ1n) is 5.24. The summed E-state index contributed by atoms with van der Waals surface area (Å²) in [6.07, 6.45) is 0. The van der Waals surface area contributed by atoms with Crippen LogP contribution in [0, 0.1) is 6.92 Å². The minimum Gasteiger partial charge on any atom is -0.333 e. The Bertz CT molecular complexity index is 361. The molecule has 0 spiro atoms. The molecule has 1 atom stereocenters. The molecule has 82 valence electrons. The van der Waals surface area contributed by atoms with Gasteiger partial charge in [0.2, 0.25) is 0 Å². The summed E-state index contributed by atoms with van der Waals surface area (Å²) in [5.41, 5.74) is 1.96. The Hall–Kier alpha value is -0.870. The van der Waals surface area contributed by atoms with Crippen LogP contribution < -0.4 is 5.32 Å². The van der Waals surface area contributed by atoms with E-state index in [-0.39, 0.29) is 5.91 Å². The molecule has 1 saturated heterocycles. The molecule has 1 N–H and O–H groups in total. The second-order valence-electron chi connectivity index (χ2n) is 4.02. The van der Waals surface area contributed by atoms with Crippen molar-refractivity contribution in [3.05, 3.63) is 21.9 Å². The predicted octanol–water partition coefficient (Wildman–Crippen LogP) is 1.49. The summed E-state index contributed by atoms with van der Waals surface area (Å²) in [5.74, 6) is 0.183. The van der Waals surface area contributed by atoms with Gasteiger partial charge in [-0.1, -0.05) is 0 Å². The number of rotatable bonds is 1. The van der Waals surface area contributed by atoms with Gasteiger partial charge in [0, 0.05) is 31.1 Å². The van der Waals surface area contributed by atoms with E-state index in [1.165, 1.54) is 0 Å². The van der Waals surface area contributed by atoms with Gasteiger partial charge < -0.3 is 10.2 Å². The molecular formula is C11H16N2OS. The van der Waals surface area contributed by atoms with Gasteiger partial charge in [0.1, 0.15) is 0 Å². The highest BCUT2D eigenvalue weighted by atomic mass is 32.1. The first-order valence-corrected chi connectivity index (χ1v) is 6.19. The summed E-state index contributed by atoms with van der Waals surface area (Å²) in [6, 6.07) is 0.297. The van der Waals surface area contributed by atoms with Crippen molar-refractivity contribution < 1.29 is 4.79 Å². The van der Waals surface area contributed by atoms with Crippen molar-refractivity contribution in [1.29, 1.82) is 0 Å². The smallest absolute Gasteiger partial charge is 0.255 e. The quantitative estimate of drug-likeness (QED) is 0.784. The first kappa shape index (κ1) is 10.6. The summed E-state index contributed by atoms with van der Waals surface area (Å²) < 4.78 is 0. The molecule has 4 heteroatoms. The van der Waals surface area contributed by atoms with E-state index in [0.29, 0.717) is 6.04 Å². The largest absolute Gasteiger partial charge is 0.333 e. The molecule has 3 nitrogen and oxygen atoms in total. The predicted molar refractivity (Wildman–Crippen MR) is 62.4 cm³/mol. The van der Waals surface area contributed by atoms with Crippen LogP contribution in [0.2, 0.25) is 0 Å². The van der Waals surface area contributed by atoms with E-state index in [4.69, 9.17) is 0 Å². The zero-order valence-electron chi connectivity index (χ0n) is 9.12. The number of amides is 1. The molecule has 1 aliphatic rings. The number of thiophene rings is 1. The van der Waals surface area contributed by atoms with Crippen LogP contribution in [-0.4, -0.2) is 36.5 Å². The summed E-state index contributed by atoms with van der Waals surface area (Å²) in [6.45, 7) is 6.70. The number of piperazine rings is 1. The molecule has 1 aromatic rings. The molecule has 0 aromatic carbocycles. The van der Waals surface area contributed by atoms with Crippen molar-refractivity contribution in [3.8, 4) is 0 Å². The van der Waals surface area contributed by atoms with Gasteiger partial charge >= 0.3 is 0 Å². The molecule has 0 bridgehead atoms. The van der Waals surface area contributed by atoms with E-state index >= 15 is 0 Å². The van der Waals surface area contributed by atoms with Crippen molar-refractivity contribution in [3.63, 3.8) is 0 Å². The number of aryl methyl sites for hydroxylation is 1. The lowest BCUT2D eigenvalue weighted by Gasteiger charge is -2.34. The monoisotopic (exact) mass is 224 g/mol. The molecule has 2 rings (SSSR count). The Balaban J connectivity index is 2.17. The van der Waals surface area contributed by atoms with Gasteiger partial charge in [0.25, 0.3) is 5.91 Å². The van der Waals surface area contributed by atoms with Crippen molar-refractivity contribution in [2.24, 2.45) is 0 Å². The number of nitrogens with zero attached hydrogens (tertiary/aromatic N) is 1. The second-order valence-corrected chi connectivity index (χ2v) is 4.76. The van der Waals surface area contributed by atoms with Gasteiger partial charge in [-0.25, -0.2) is 0 Å². The maximum Gasteiger partial charge on any atom is 0.255 e. The molecule has 1 aromatic heterocycles. The average Bonchev–Trinajstić information content (AvgIpc) is 2.64. The fourth-order valence-corrected chi connectivity index (χ4v) is 2.70. The molecule has 1 fully saturated rings. The number of nitrogens with one attached hydrogen (secondary N) is 1. The van der Waals surface area contributed by atoms with Gasteiger partial charge in [-0.15, -0.1) is 0 Å². The minimum atomic E-state index is 0.183. The van der Waals surface area contributed by atoms with Crippen molar-refractivity contribution in [1.82, 2.24) is 10.2 Å². The van der Waals surface area contributed by atoms with Gasteiger partial charge in [0.05, 0.1) is 5.56 Å². The van der Waals surface area contributed by atoms with Crippen LogP contribution in [0.3, 0.4) is 0 Å². The Labute approximate surface area is 94.1 Å². The normalized spacial score (nSPS) is 21.7. The van der Waals surface area contributed by atoms with E-state index in [1.54, 1.807) is 11.3 Å². The lowest BCUT2D eigenvalue weighted by atomic mass is 10.1.